The van der Waals surface area contributed by atoms with E-state index in [-0.39, 0.29) is 34.9 Å². The van der Waals surface area contributed by atoms with Crippen LogP contribution >= 0.6 is 0 Å². The number of ether oxygens (including phenoxy) is 2. The van der Waals surface area contributed by atoms with Crippen molar-refractivity contribution in [1.29, 1.82) is 0 Å². The third-order valence-corrected chi connectivity index (χ3v) is 4.07. The van der Waals surface area contributed by atoms with Crippen molar-refractivity contribution in [1.82, 2.24) is 5.32 Å². The van der Waals surface area contributed by atoms with Gasteiger partial charge in [-0.15, -0.1) is 0 Å². The highest BCUT2D eigenvalue weighted by atomic mass is 16.6. The molecule has 0 aliphatic rings. The number of nitrogens with one attached hydrogen (secondary N) is 1. The number of amides is 1. The smallest absolute Gasteiger partial charge is 0.311 e. The van der Waals surface area contributed by atoms with Gasteiger partial charge in [-0.2, -0.15) is 0 Å². The molecule has 1 atom stereocenters. The van der Waals surface area contributed by atoms with Gasteiger partial charge in [-0.05, 0) is 35.7 Å². The number of hydrogen-bond donors (Lipinski definition) is 1. The first-order chi connectivity index (χ1) is 12.4. The first-order valence-electron chi connectivity index (χ1n) is 8.14. The molecule has 0 aliphatic carbocycles. The molecular weight excluding hydrogens is 336 g/mol. The molecule has 2 aromatic carbocycles. The summed E-state index contributed by atoms with van der Waals surface area (Å²) in [5.74, 6) is 0.585. The van der Waals surface area contributed by atoms with Gasteiger partial charge >= 0.3 is 5.69 Å². The fourth-order valence-electron chi connectivity index (χ4n) is 2.64. The van der Waals surface area contributed by atoms with E-state index in [0.29, 0.717) is 0 Å². The zero-order chi connectivity index (χ0) is 19.3. The largest absolute Gasteiger partial charge is 0.497 e. The Labute approximate surface area is 152 Å². The molecule has 0 saturated heterocycles. The van der Waals surface area contributed by atoms with Crippen LogP contribution in [0, 0.1) is 16.0 Å². The van der Waals surface area contributed by atoms with E-state index in [1.807, 2.05) is 38.1 Å². The average molecular weight is 358 g/mol. The highest BCUT2D eigenvalue weighted by molar-refractivity contribution is 5.95. The number of nitrogens with zero attached hydrogens (tertiary/aromatic N) is 1. The maximum absolute atomic E-state index is 12.6. The minimum absolute atomic E-state index is 0.113. The quantitative estimate of drug-likeness (QED) is 0.601. The van der Waals surface area contributed by atoms with Crippen LogP contribution in [-0.2, 0) is 0 Å². The first-order valence-corrected chi connectivity index (χ1v) is 8.14. The van der Waals surface area contributed by atoms with Crippen molar-refractivity contribution in [3.8, 4) is 11.5 Å². The SMILES string of the molecule is COc1ccc([C@H](NC(=O)c2ccc(OC)c([N+](=O)[O-])c2)C(C)C)cc1. The number of rotatable bonds is 7. The van der Waals surface area contributed by atoms with E-state index in [0.717, 1.165) is 11.3 Å². The average Bonchev–Trinajstić information content (AvgIpc) is 2.65. The number of benzene rings is 2. The molecule has 1 N–H and O–H groups in total. The van der Waals surface area contributed by atoms with Gasteiger partial charge in [0, 0.05) is 11.6 Å². The van der Waals surface area contributed by atoms with Crippen LogP contribution in [0.2, 0.25) is 0 Å². The molecule has 1 amide bonds. The van der Waals surface area contributed by atoms with Crippen LogP contribution in [0.4, 0.5) is 5.69 Å². The molecular formula is C19H22N2O5. The van der Waals surface area contributed by atoms with E-state index in [9.17, 15) is 14.9 Å². The molecule has 0 saturated carbocycles. The van der Waals surface area contributed by atoms with Crippen LogP contribution in [0.5, 0.6) is 11.5 Å². The maximum Gasteiger partial charge on any atom is 0.311 e. The third-order valence-electron chi connectivity index (χ3n) is 4.07. The summed E-state index contributed by atoms with van der Waals surface area (Å²) in [6.45, 7) is 3.98. The standard InChI is InChI=1S/C19H22N2O5/c1-12(2)18(13-5-8-15(25-3)9-6-13)20-19(22)14-7-10-17(26-4)16(11-14)21(23)24/h5-12,18H,1-4H3,(H,20,22)/t18-/m1/s1. The number of nitro benzene ring substituents is 1. The molecule has 7 nitrogen and oxygen atoms in total. The molecule has 0 heterocycles. The molecule has 0 radical (unpaired) electrons. The molecule has 2 rings (SSSR count). The normalized spacial score (nSPS) is 11.7. The lowest BCUT2D eigenvalue weighted by molar-refractivity contribution is -0.385. The van der Waals surface area contributed by atoms with E-state index >= 15 is 0 Å². The molecule has 2 aromatic rings. The Bertz CT molecular complexity index is 787. The lowest BCUT2D eigenvalue weighted by atomic mass is 9.95. The van der Waals surface area contributed by atoms with E-state index < -0.39 is 4.92 Å². The summed E-state index contributed by atoms with van der Waals surface area (Å²) in [6.07, 6.45) is 0. The minimum Gasteiger partial charge on any atom is -0.497 e. The summed E-state index contributed by atoms with van der Waals surface area (Å²) < 4.78 is 10.1. The van der Waals surface area contributed by atoms with Crippen LogP contribution < -0.4 is 14.8 Å². The Morgan fingerprint density at radius 2 is 1.73 bits per heavy atom. The van der Waals surface area contributed by atoms with E-state index in [1.165, 1.54) is 25.3 Å². The zero-order valence-corrected chi connectivity index (χ0v) is 15.2. The lowest BCUT2D eigenvalue weighted by Crippen LogP contribution is -2.31. The first kappa shape index (κ1) is 19.2. The van der Waals surface area contributed by atoms with E-state index in [1.54, 1.807) is 7.11 Å². The predicted molar refractivity (Wildman–Crippen MR) is 97.7 cm³/mol. The Hall–Kier alpha value is -3.09. The van der Waals surface area contributed by atoms with Gasteiger partial charge < -0.3 is 14.8 Å². The molecule has 26 heavy (non-hydrogen) atoms. The second kappa shape index (κ2) is 8.33. The van der Waals surface area contributed by atoms with Gasteiger partial charge in [0.2, 0.25) is 0 Å². The van der Waals surface area contributed by atoms with E-state index in [4.69, 9.17) is 9.47 Å². The summed E-state index contributed by atoms with van der Waals surface area (Å²) in [6, 6.07) is 11.3. The van der Waals surface area contributed by atoms with Crippen molar-refractivity contribution in [3.05, 3.63) is 63.7 Å². The molecule has 0 bridgehead atoms. The summed E-state index contributed by atoms with van der Waals surface area (Å²) >= 11 is 0. The second-order valence-corrected chi connectivity index (χ2v) is 6.11. The number of carbonyl (C=O) groups excluding carboxylic acids is 1. The van der Waals surface area contributed by atoms with Crippen LogP contribution in [0.25, 0.3) is 0 Å². The van der Waals surface area contributed by atoms with Crippen molar-refractivity contribution < 1.29 is 19.2 Å². The molecule has 7 heteroatoms. The van der Waals surface area contributed by atoms with Crippen LogP contribution in [-0.4, -0.2) is 25.1 Å². The van der Waals surface area contributed by atoms with Gasteiger partial charge in [-0.25, -0.2) is 0 Å². The fourth-order valence-corrected chi connectivity index (χ4v) is 2.64. The minimum atomic E-state index is -0.570. The molecule has 0 unspecified atom stereocenters. The summed E-state index contributed by atoms with van der Waals surface area (Å²) in [5, 5.41) is 14.1. The van der Waals surface area contributed by atoms with Gasteiger partial charge in [0.15, 0.2) is 5.75 Å². The number of methoxy groups -OCH3 is 2. The highest BCUT2D eigenvalue weighted by Gasteiger charge is 2.22. The Morgan fingerprint density at radius 3 is 2.23 bits per heavy atom. The van der Waals surface area contributed by atoms with Crippen molar-refractivity contribution in [3.63, 3.8) is 0 Å². The Kier molecular flexibility index (Phi) is 6.16. The number of nitro groups is 1. The third kappa shape index (κ3) is 4.30. The molecule has 0 aliphatic heterocycles. The fraction of sp³-hybridized carbons (Fsp3) is 0.316. The van der Waals surface area contributed by atoms with Gasteiger partial charge in [-0.3, -0.25) is 14.9 Å². The highest BCUT2D eigenvalue weighted by Crippen LogP contribution is 2.29. The topological polar surface area (TPSA) is 90.7 Å². The molecule has 138 valence electrons. The number of hydrogen-bond acceptors (Lipinski definition) is 5. The van der Waals surface area contributed by atoms with Gasteiger partial charge in [0.1, 0.15) is 5.75 Å². The van der Waals surface area contributed by atoms with Gasteiger partial charge in [0.25, 0.3) is 5.91 Å². The second-order valence-electron chi connectivity index (χ2n) is 6.11. The van der Waals surface area contributed by atoms with Crippen molar-refractivity contribution in [2.24, 2.45) is 5.92 Å². The van der Waals surface area contributed by atoms with Gasteiger partial charge in [0.05, 0.1) is 25.2 Å². The molecule has 0 fully saturated rings. The van der Waals surface area contributed by atoms with Crippen LogP contribution in [0.15, 0.2) is 42.5 Å². The summed E-state index contributed by atoms with van der Waals surface area (Å²) in [4.78, 5) is 23.2. The zero-order valence-electron chi connectivity index (χ0n) is 15.2. The number of carbonyl (C=O) groups is 1. The maximum atomic E-state index is 12.6. The van der Waals surface area contributed by atoms with Crippen molar-refractivity contribution >= 4 is 11.6 Å². The van der Waals surface area contributed by atoms with Crippen LogP contribution in [0.1, 0.15) is 35.8 Å². The van der Waals surface area contributed by atoms with Crippen molar-refractivity contribution in [2.75, 3.05) is 14.2 Å². The van der Waals surface area contributed by atoms with E-state index in [2.05, 4.69) is 5.32 Å². The Balaban J connectivity index is 2.27. The van der Waals surface area contributed by atoms with Crippen molar-refractivity contribution in [2.45, 2.75) is 19.9 Å². The summed E-state index contributed by atoms with van der Waals surface area (Å²) in [5.41, 5.74) is 0.888. The molecule has 0 aromatic heterocycles. The molecule has 0 spiro atoms. The van der Waals surface area contributed by atoms with Crippen LogP contribution in [0.3, 0.4) is 0 Å². The van der Waals surface area contributed by atoms with Gasteiger partial charge in [-0.1, -0.05) is 26.0 Å². The Morgan fingerprint density at radius 1 is 1.08 bits per heavy atom. The predicted octanol–water partition coefficient (Wildman–Crippen LogP) is 3.74. The summed E-state index contributed by atoms with van der Waals surface area (Å²) in [7, 11) is 2.94. The monoisotopic (exact) mass is 358 g/mol. The lowest BCUT2D eigenvalue weighted by Gasteiger charge is -2.23.